The van der Waals surface area contributed by atoms with Crippen LogP contribution in [0.5, 0.6) is 0 Å². The third-order valence-electron chi connectivity index (χ3n) is 2.05. The first-order chi connectivity index (χ1) is 6.59. The summed E-state index contributed by atoms with van der Waals surface area (Å²) in [5.74, 6) is 0. The van der Waals surface area contributed by atoms with Gasteiger partial charge >= 0.3 is 0 Å². The number of rotatable bonds is 1. The Balaban J connectivity index is 2.80. The van der Waals surface area contributed by atoms with Gasteiger partial charge in [-0.3, -0.25) is 9.89 Å². The first-order valence-electron chi connectivity index (χ1n) is 4.36. The predicted molar refractivity (Wildman–Crippen MR) is 55.7 cm³/mol. The number of pyridine rings is 1. The summed E-state index contributed by atoms with van der Waals surface area (Å²) in [5.41, 5.74) is 0.482. The molecule has 0 radical (unpaired) electrons. The molecule has 0 saturated carbocycles. The van der Waals surface area contributed by atoms with Crippen LogP contribution in [0.15, 0.2) is 16.9 Å². The Morgan fingerprint density at radius 3 is 2.86 bits per heavy atom. The SMILES string of the molecule is CC(C)n1[nH]c2nc(Cl)ccc2c1=O. The van der Waals surface area contributed by atoms with Crippen molar-refractivity contribution in [2.75, 3.05) is 0 Å². The van der Waals surface area contributed by atoms with Crippen molar-refractivity contribution >= 4 is 22.6 Å². The van der Waals surface area contributed by atoms with Crippen molar-refractivity contribution in [2.45, 2.75) is 19.9 Å². The molecule has 0 saturated heterocycles. The van der Waals surface area contributed by atoms with Crippen molar-refractivity contribution in [1.29, 1.82) is 0 Å². The fourth-order valence-electron chi connectivity index (χ4n) is 1.35. The topological polar surface area (TPSA) is 50.7 Å². The molecular formula is C9H10ClN3O. The van der Waals surface area contributed by atoms with Gasteiger partial charge in [0.15, 0.2) is 5.65 Å². The normalized spacial score (nSPS) is 11.4. The molecule has 0 bridgehead atoms. The van der Waals surface area contributed by atoms with E-state index >= 15 is 0 Å². The Hall–Kier alpha value is -1.29. The molecule has 0 unspecified atom stereocenters. The molecular weight excluding hydrogens is 202 g/mol. The number of hydrogen-bond acceptors (Lipinski definition) is 2. The summed E-state index contributed by atoms with van der Waals surface area (Å²) in [6, 6.07) is 3.39. The van der Waals surface area contributed by atoms with E-state index in [-0.39, 0.29) is 11.6 Å². The standard InChI is InChI=1S/C9H10ClN3O/c1-5(2)13-9(14)6-3-4-7(10)11-8(6)12-13/h3-5H,1-2H3,(H,11,12). The summed E-state index contributed by atoms with van der Waals surface area (Å²) < 4.78 is 1.54. The lowest BCUT2D eigenvalue weighted by Gasteiger charge is -2.02. The Morgan fingerprint density at radius 2 is 2.21 bits per heavy atom. The van der Waals surface area contributed by atoms with Gasteiger partial charge in [-0.05, 0) is 26.0 Å². The summed E-state index contributed by atoms with van der Waals surface area (Å²) in [4.78, 5) is 15.8. The van der Waals surface area contributed by atoms with E-state index in [1.165, 1.54) is 4.68 Å². The minimum absolute atomic E-state index is 0.0563. The monoisotopic (exact) mass is 211 g/mol. The second kappa shape index (κ2) is 3.13. The fourth-order valence-corrected chi connectivity index (χ4v) is 1.50. The van der Waals surface area contributed by atoms with E-state index in [2.05, 4.69) is 10.1 Å². The fraction of sp³-hybridized carbons (Fsp3) is 0.333. The van der Waals surface area contributed by atoms with Gasteiger partial charge in [-0.25, -0.2) is 9.67 Å². The molecule has 0 spiro atoms. The van der Waals surface area contributed by atoms with E-state index in [1.54, 1.807) is 12.1 Å². The van der Waals surface area contributed by atoms with Crippen LogP contribution in [-0.2, 0) is 0 Å². The van der Waals surface area contributed by atoms with Crippen LogP contribution < -0.4 is 5.56 Å². The molecule has 0 amide bonds. The number of nitrogens with zero attached hydrogens (tertiary/aromatic N) is 2. The highest BCUT2D eigenvalue weighted by atomic mass is 35.5. The third-order valence-corrected chi connectivity index (χ3v) is 2.26. The van der Waals surface area contributed by atoms with Gasteiger partial charge in [-0.1, -0.05) is 11.6 Å². The van der Waals surface area contributed by atoms with Crippen LogP contribution in [0.4, 0.5) is 0 Å². The molecule has 4 nitrogen and oxygen atoms in total. The highest BCUT2D eigenvalue weighted by Gasteiger charge is 2.09. The molecule has 2 rings (SSSR count). The highest BCUT2D eigenvalue weighted by molar-refractivity contribution is 6.29. The molecule has 2 aromatic heterocycles. The zero-order valence-corrected chi connectivity index (χ0v) is 8.67. The lowest BCUT2D eigenvalue weighted by molar-refractivity contribution is 0.521. The average Bonchev–Trinajstić information content (AvgIpc) is 2.43. The molecule has 1 N–H and O–H groups in total. The highest BCUT2D eigenvalue weighted by Crippen LogP contribution is 2.11. The van der Waals surface area contributed by atoms with Gasteiger partial charge in [-0.15, -0.1) is 0 Å². The smallest absolute Gasteiger partial charge is 0.276 e. The summed E-state index contributed by atoms with van der Waals surface area (Å²) in [6.45, 7) is 3.86. The molecule has 0 aromatic carbocycles. The van der Waals surface area contributed by atoms with Crippen molar-refractivity contribution in [3.8, 4) is 0 Å². The van der Waals surface area contributed by atoms with Gasteiger partial charge in [0.25, 0.3) is 5.56 Å². The van der Waals surface area contributed by atoms with Crippen molar-refractivity contribution in [3.05, 3.63) is 27.6 Å². The van der Waals surface area contributed by atoms with Gasteiger partial charge in [0.1, 0.15) is 5.15 Å². The minimum atomic E-state index is -0.0563. The summed E-state index contributed by atoms with van der Waals surface area (Å²) in [7, 11) is 0. The van der Waals surface area contributed by atoms with Crippen LogP contribution in [0.25, 0.3) is 11.0 Å². The Labute approximate surface area is 85.5 Å². The molecule has 0 atom stereocenters. The van der Waals surface area contributed by atoms with Gasteiger partial charge in [-0.2, -0.15) is 0 Å². The van der Waals surface area contributed by atoms with Crippen molar-refractivity contribution < 1.29 is 0 Å². The lowest BCUT2D eigenvalue weighted by atomic mass is 10.3. The van der Waals surface area contributed by atoms with Crippen LogP contribution in [-0.4, -0.2) is 14.8 Å². The largest absolute Gasteiger partial charge is 0.278 e. The quantitative estimate of drug-likeness (QED) is 0.734. The molecule has 2 aromatic rings. The van der Waals surface area contributed by atoms with Crippen molar-refractivity contribution in [2.24, 2.45) is 0 Å². The Bertz CT molecular complexity index is 526. The lowest BCUT2D eigenvalue weighted by Crippen LogP contribution is -2.18. The number of H-pyrrole nitrogens is 1. The third kappa shape index (κ3) is 1.32. The predicted octanol–water partition coefficient (Wildman–Crippen LogP) is 1.96. The van der Waals surface area contributed by atoms with E-state index in [0.717, 1.165) is 0 Å². The number of fused-ring (bicyclic) bond motifs is 1. The number of aromatic nitrogens is 3. The number of hydrogen-bond donors (Lipinski definition) is 1. The van der Waals surface area contributed by atoms with Crippen LogP contribution in [0.2, 0.25) is 5.15 Å². The molecule has 0 aliphatic heterocycles. The molecule has 0 fully saturated rings. The van der Waals surface area contributed by atoms with Crippen LogP contribution in [0, 0.1) is 0 Å². The molecule has 0 aliphatic carbocycles. The maximum Gasteiger partial charge on any atom is 0.276 e. The minimum Gasteiger partial charge on any atom is -0.278 e. The van der Waals surface area contributed by atoms with Crippen molar-refractivity contribution in [3.63, 3.8) is 0 Å². The molecule has 5 heteroatoms. The average molecular weight is 212 g/mol. The van der Waals surface area contributed by atoms with E-state index in [1.807, 2.05) is 13.8 Å². The molecule has 74 valence electrons. The van der Waals surface area contributed by atoms with E-state index in [0.29, 0.717) is 16.2 Å². The summed E-state index contributed by atoms with van der Waals surface area (Å²) in [5, 5.41) is 3.87. The Morgan fingerprint density at radius 1 is 1.50 bits per heavy atom. The molecule has 14 heavy (non-hydrogen) atoms. The summed E-state index contributed by atoms with van der Waals surface area (Å²) >= 11 is 5.72. The number of aromatic amines is 1. The van der Waals surface area contributed by atoms with E-state index in [9.17, 15) is 4.79 Å². The molecule has 2 heterocycles. The van der Waals surface area contributed by atoms with Crippen LogP contribution in [0.1, 0.15) is 19.9 Å². The second-order valence-corrected chi connectivity index (χ2v) is 3.80. The van der Waals surface area contributed by atoms with Gasteiger partial charge in [0.05, 0.1) is 5.39 Å². The van der Waals surface area contributed by atoms with Gasteiger partial charge in [0, 0.05) is 6.04 Å². The van der Waals surface area contributed by atoms with E-state index in [4.69, 9.17) is 11.6 Å². The zero-order chi connectivity index (χ0) is 10.3. The first-order valence-corrected chi connectivity index (χ1v) is 4.74. The van der Waals surface area contributed by atoms with Crippen LogP contribution >= 0.6 is 11.6 Å². The number of nitrogens with one attached hydrogen (secondary N) is 1. The maximum absolute atomic E-state index is 11.7. The Kier molecular flexibility index (Phi) is 2.07. The maximum atomic E-state index is 11.7. The van der Waals surface area contributed by atoms with Crippen molar-refractivity contribution in [1.82, 2.24) is 14.8 Å². The van der Waals surface area contributed by atoms with Gasteiger partial charge < -0.3 is 0 Å². The number of halogens is 1. The zero-order valence-electron chi connectivity index (χ0n) is 7.91. The first kappa shape index (κ1) is 9.27. The van der Waals surface area contributed by atoms with Crippen LogP contribution in [0.3, 0.4) is 0 Å². The molecule has 0 aliphatic rings. The second-order valence-electron chi connectivity index (χ2n) is 3.41. The summed E-state index contributed by atoms with van der Waals surface area (Å²) in [6.07, 6.45) is 0. The van der Waals surface area contributed by atoms with E-state index < -0.39 is 0 Å². The van der Waals surface area contributed by atoms with Gasteiger partial charge in [0.2, 0.25) is 0 Å².